The number of carbonyl (C=O) groups is 1. The Morgan fingerprint density at radius 3 is 2.64 bits per heavy atom. The number of nitrogens with zero attached hydrogens (tertiary/aromatic N) is 2. The lowest BCUT2D eigenvalue weighted by molar-refractivity contribution is 0.0694. The molecule has 0 unspecified atom stereocenters. The number of carboxylic acid groups (broad SMARTS) is 1. The lowest BCUT2D eigenvalue weighted by atomic mass is 9.60. The van der Waals surface area contributed by atoms with Gasteiger partial charge in [0.15, 0.2) is 5.82 Å². The van der Waals surface area contributed by atoms with Crippen molar-refractivity contribution < 1.29 is 18.7 Å². The molecule has 2 saturated carbocycles. The minimum Gasteiger partial charge on any atom is -0.477 e. The van der Waals surface area contributed by atoms with E-state index >= 15 is 4.39 Å². The number of aromatic carboxylic acids is 1. The molecule has 2 aliphatic carbocycles. The minimum atomic E-state index is -1.40. The SMILES string of the molecule is C[C@]12C[C@H](N)[C@@H]1CN(c1c(F)cc3c(=O)c(C(=O)O)cn(C4CC4)c3c1F)C2. The molecule has 5 rings (SSSR count). The molecule has 3 fully saturated rings. The van der Waals surface area contributed by atoms with Crippen molar-refractivity contribution in [1.29, 1.82) is 0 Å². The van der Waals surface area contributed by atoms with E-state index < -0.39 is 28.6 Å². The van der Waals surface area contributed by atoms with Crippen molar-refractivity contribution in [3.63, 3.8) is 0 Å². The zero-order chi connectivity index (χ0) is 20.0. The summed E-state index contributed by atoms with van der Waals surface area (Å²) in [6.07, 6.45) is 3.55. The second kappa shape index (κ2) is 5.53. The van der Waals surface area contributed by atoms with Crippen LogP contribution in [0.5, 0.6) is 0 Å². The third-order valence-electron chi connectivity index (χ3n) is 6.75. The first-order chi connectivity index (χ1) is 13.2. The van der Waals surface area contributed by atoms with Gasteiger partial charge in [-0.2, -0.15) is 0 Å². The zero-order valence-electron chi connectivity index (χ0n) is 15.4. The fraction of sp³-hybridized carbons (Fsp3) is 0.500. The van der Waals surface area contributed by atoms with E-state index in [4.69, 9.17) is 5.73 Å². The van der Waals surface area contributed by atoms with Crippen LogP contribution in [0, 0.1) is 23.0 Å². The van der Waals surface area contributed by atoms with E-state index in [1.165, 1.54) is 10.8 Å². The molecule has 2 aromatic rings. The molecule has 1 aliphatic heterocycles. The number of rotatable bonds is 3. The molecular weight excluding hydrogens is 368 g/mol. The number of benzene rings is 1. The minimum absolute atomic E-state index is 0.0115. The summed E-state index contributed by atoms with van der Waals surface area (Å²) in [4.78, 5) is 25.7. The van der Waals surface area contributed by atoms with Gasteiger partial charge in [-0.15, -0.1) is 0 Å². The van der Waals surface area contributed by atoms with Gasteiger partial charge in [-0.25, -0.2) is 13.6 Å². The first-order valence-corrected chi connectivity index (χ1v) is 9.52. The van der Waals surface area contributed by atoms with Gasteiger partial charge in [0, 0.05) is 31.4 Å². The highest BCUT2D eigenvalue weighted by atomic mass is 19.1. The van der Waals surface area contributed by atoms with Gasteiger partial charge in [0.1, 0.15) is 17.1 Å². The summed E-state index contributed by atoms with van der Waals surface area (Å²) >= 11 is 0. The van der Waals surface area contributed by atoms with Gasteiger partial charge in [-0.3, -0.25) is 4.79 Å². The Morgan fingerprint density at radius 2 is 2.07 bits per heavy atom. The van der Waals surface area contributed by atoms with E-state index in [2.05, 4.69) is 6.92 Å². The fourth-order valence-electron chi connectivity index (χ4n) is 5.15. The summed E-state index contributed by atoms with van der Waals surface area (Å²) in [6.45, 7) is 3.06. The standard InChI is InChI=1S/C20H21F2N3O3/c1-20-5-14(23)12(20)7-24(8-20)17-13(21)4-10-16(15(17)22)25(9-2-3-9)6-11(18(10)26)19(27)28/h4,6,9,12,14H,2-3,5,7-8,23H2,1H3,(H,27,28)/t12-,14-,20+/m0/s1. The maximum Gasteiger partial charge on any atom is 0.341 e. The highest BCUT2D eigenvalue weighted by Gasteiger charge is 2.55. The summed E-state index contributed by atoms with van der Waals surface area (Å²) in [6, 6.07) is 0.947. The number of halogens is 2. The molecule has 0 amide bonds. The van der Waals surface area contributed by atoms with Crippen LogP contribution in [0.3, 0.4) is 0 Å². The lowest BCUT2D eigenvalue weighted by Crippen LogP contribution is -2.53. The molecule has 28 heavy (non-hydrogen) atoms. The lowest BCUT2D eigenvalue weighted by Gasteiger charge is -2.46. The number of hydrogen-bond donors (Lipinski definition) is 2. The summed E-state index contributed by atoms with van der Waals surface area (Å²) in [5, 5.41) is 9.09. The molecule has 1 aromatic heterocycles. The van der Waals surface area contributed by atoms with E-state index in [1.807, 2.05) is 0 Å². The summed E-state index contributed by atoms with van der Waals surface area (Å²) < 4.78 is 32.1. The number of aromatic nitrogens is 1. The molecule has 8 heteroatoms. The quantitative estimate of drug-likeness (QED) is 0.842. The molecule has 1 aromatic carbocycles. The predicted octanol–water partition coefficient (Wildman–Crippen LogP) is 2.49. The first-order valence-electron chi connectivity index (χ1n) is 9.52. The molecule has 0 bridgehead atoms. The fourth-order valence-corrected chi connectivity index (χ4v) is 5.15. The molecule has 3 atom stereocenters. The average molecular weight is 389 g/mol. The molecule has 2 heterocycles. The Morgan fingerprint density at radius 1 is 1.36 bits per heavy atom. The van der Waals surface area contributed by atoms with Crippen molar-refractivity contribution in [3.8, 4) is 0 Å². The van der Waals surface area contributed by atoms with Gasteiger partial charge in [0.05, 0.1) is 10.9 Å². The van der Waals surface area contributed by atoms with Crippen LogP contribution in [0.1, 0.15) is 42.6 Å². The maximum absolute atomic E-state index is 15.6. The third-order valence-corrected chi connectivity index (χ3v) is 6.75. The second-order valence-electron chi connectivity index (χ2n) is 8.74. The largest absolute Gasteiger partial charge is 0.477 e. The van der Waals surface area contributed by atoms with Crippen LogP contribution in [-0.4, -0.2) is 34.8 Å². The maximum atomic E-state index is 15.6. The molecule has 3 N–H and O–H groups in total. The van der Waals surface area contributed by atoms with Gasteiger partial charge < -0.3 is 20.3 Å². The van der Waals surface area contributed by atoms with Gasteiger partial charge in [-0.05, 0) is 36.7 Å². The van der Waals surface area contributed by atoms with E-state index in [-0.39, 0.29) is 40.0 Å². The highest BCUT2D eigenvalue weighted by molar-refractivity contribution is 5.94. The van der Waals surface area contributed by atoms with Gasteiger partial charge in [0.25, 0.3) is 0 Å². The average Bonchev–Trinajstić information content (AvgIpc) is 3.41. The van der Waals surface area contributed by atoms with Crippen LogP contribution >= 0.6 is 0 Å². The molecule has 3 aliphatic rings. The Kier molecular flexibility index (Phi) is 3.48. The zero-order valence-corrected chi connectivity index (χ0v) is 15.4. The van der Waals surface area contributed by atoms with E-state index in [0.717, 1.165) is 25.3 Å². The van der Waals surface area contributed by atoms with E-state index in [0.29, 0.717) is 13.1 Å². The number of anilines is 1. The number of carboxylic acids is 1. The highest BCUT2D eigenvalue weighted by Crippen LogP contribution is 2.52. The Hall–Kier alpha value is -2.48. The molecule has 6 nitrogen and oxygen atoms in total. The van der Waals surface area contributed by atoms with Crippen LogP contribution in [0.25, 0.3) is 10.9 Å². The van der Waals surface area contributed by atoms with Crippen LogP contribution < -0.4 is 16.1 Å². The Balaban J connectivity index is 1.73. The summed E-state index contributed by atoms with van der Waals surface area (Å²) in [7, 11) is 0. The van der Waals surface area contributed by atoms with E-state index in [9.17, 15) is 19.1 Å². The van der Waals surface area contributed by atoms with Crippen LogP contribution in [0.4, 0.5) is 14.5 Å². The molecule has 0 radical (unpaired) electrons. The van der Waals surface area contributed by atoms with Gasteiger partial charge in [0.2, 0.25) is 5.43 Å². The molecule has 148 valence electrons. The van der Waals surface area contributed by atoms with Crippen LogP contribution in [0.2, 0.25) is 0 Å². The van der Waals surface area contributed by atoms with Gasteiger partial charge in [-0.1, -0.05) is 6.92 Å². The van der Waals surface area contributed by atoms with Crippen molar-refractivity contribution in [2.45, 2.75) is 38.3 Å². The van der Waals surface area contributed by atoms with Crippen LogP contribution in [0.15, 0.2) is 17.1 Å². The third kappa shape index (κ3) is 2.27. The summed E-state index contributed by atoms with van der Waals surface area (Å²) in [5.74, 6) is -2.86. The Labute approximate surface area is 159 Å². The normalized spacial score (nSPS) is 29.1. The monoisotopic (exact) mass is 389 g/mol. The van der Waals surface area contributed by atoms with Crippen molar-refractivity contribution in [3.05, 3.63) is 39.7 Å². The Bertz CT molecular complexity index is 1090. The molecule has 1 saturated heterocycles. The number of nitrogens with two attached hydrogens (primary N) is 1. The predicted molar refractivity (Wildman–Crippen MR) is 99.8 cm³/mol. The first kappa shape index (κ1) is 17.6. The van der Waals surface area contributed by atoms with E-state index in [1.54, 1.807) is 4.90 Å². The topological polar surface area (TPSA) is 88.6 Å². The van der Waals surface area contributed by atoms with Crippen molar-refractivity contribution in [1.82, 2.24) is 4.57 Å². The van der Waals surface area contributed by atoms with Crippen molar-refractivity contribution >= 4 is 22.6 Å². The smallest absolute Gasteiger partial charge is 0.341 e. The van der Waals surface area contributed by atoms with Gasteiger partial charge >= 0.3 is 5.97 Å². The number of pyridine rings is 1. The summed E-state index contributed by atoms with van der Waals surface area (Å²) in [5.41, 5.74) is 4.53. The van der Waals surface area contributed by atoms with Crippen molar-refractivity contribution in [2.24, 2.45) is 17.1 Å². The van der Waals surface area contributed by atoms with Crippen LogP contribution in [-0.2, 0) is 0 Å². The second-order valence-corrected chi connectivity index (χ2v) is 8.74. The number of fused-ring (bicyclic) bond motifs is 2. The molecular formula is C20H21F2N3O3. The number of hydrogen-bond acceptors (Lipinski definition) is 4. The van der Waals surface area contributed by atoms with Crippen molar-refractivity contribution in [2.75, 3.05) is 18.0 Å². The molecule has 0 spiro atoms.